The van der Waals surface area contributed by atoms with Crippen molar-refractivity contribution in [3.8, 4) is 5.75 Å². The number of anilines is 1. The van der Waals surface area contributed by atoms with Crippen LogP contribution in [0, 0.1) is 5.82 Å². The van der Waals surface area contributed by atoms with Crippen LogP contribution in [-0.4, -0.2) is 6.61 Å². The summed E-state index contributed by atoms with van der Waals surface area (Å²) >= 11 is 13.4. The molecule has 2 nitrogen and oxygen atoms in total. The first kappa shape index (κ1) is 16.3. The summed E-state index contributed by atoms with van der Waals surface area (Å²) in [5.74, 6) is -0.283. The van der Waals surface area contributed by atoms with Gasteiger partial charge in [0, 0.05) is 26.6 Å². The minimum atomic E-state index is -0.470. The highest BCUT2D eigenvalue weighted by Crippen LogP contribution is 2.40. The van der Waals surface area contributed by atoms with Crippen LogP contribution in [0.1, 0.15) is 13.3 Å². The van der Waals surface area contributed by atoms with Gasteiger partial charge in [0.15, 0.2) is 11.6 Å². The van der Waals surface area contributed by atoms with Gasteiger partial charge in [-0.2, -0.15) is 0 Å². The third-order valence-electron chi connectivity index (χ3n) is 2.64. The summed E-state index contributed by atoms with van der Waals surface area (Å²) in [6.45, 7) is 2.40. The lowest BCUT2D eigenvalue weighted by Gasteiger charge is -2.11. The van der Waals surface area contributed by atoms with E-state index in [2.05, 4.69) is 0 Å². The molecule has 0 aliphatic heterocycles. The Labute approximate surface area is 137 Å². The van der Waals surface area contributed by atoms with Crippen LogP contribution >= 0.6 is 35.0 Å². The largest absolute Gasteiger partial charge is 0.490 e. The second-order valence-electron chi connectivity index (χ2n) is 4.35. The molecule has 0 saturated carbocycles. The Morgan fingerprint density at radius 1 is 1.19 bits per heavy atom. The van der Waals surface area contributed by atoms with Crippen molar-refractivity contribution in [2.24, 2.45) is 0 Å². The van der Waals surface area contributed by atoms with E-state index in [1.165, 1.54) is 17.8 Å². The van der Waals surface area contributed by atoms with Crippen LogP contribution in [0.5, 0.6) is 5.75 Å². The quantitative estimate of drug-likeness (QED) is 0.710. The highest BCUT2D eigenvalue weighted by atomic mass is 35.5. The average Bonchev–Trinajstić information content (AvgIpc) is 2.44. The molecule has 0 aliphatic carbocycles. The number of benzene rings is 2. The number of hydrogen-bond donors (Lipinski definition) is 1. The molecule has 6 heteroatoms. The molecule has 112 valence electrons. The van der Waals surface area contributed by atoms with E-state index in [-0.39, 0.29) is 5.75 Å². The van der Waals surface area contributed by atoms with Crippen LogP contribution in [-0.2, 0) is 0 Å². The van der Waals surface area contributed by atoms with Gasteiger partial charge in [-0.05, 0) is 30.7 Å². The highest BCUT2D eigenvalue weighted by molar-refractivity contribution is 7.99. The summed E-state index contributed by atoms with van der Waals surface area (Å²) in [7, 11) is 0. The molecule has 0 heterocycles. The SMILES string of the molecule is CCCOc1cc(Sc2cc(Cl)ccc2Cl)c(N)cc1F. The van der Waals surface area contributed by atoms with Gasteiger partial charge in [-0.25, -0.2) is 4.39 Å². The Balaban J connectivity index is 2.32. The highest BCUT2D eigenvalue weighted by Gasteiger charge is 2.12. The van der Waals surface area contributed by atoms with E-state index < -0.39 is 5.82 Å². The van der Waals surface area contributed by atoms with Gasteiger partial charge in [-0.1, -0.05) is 41.9 Å². The fraction of sp³-hybridized carbons (Fsp3) is 0.200. The van der Waals surface area contributed by atoms with Crippen molar-refractivity contribution in [2.45, 2.75) is 23.1 Å². The van der Waals surface area contributed by atoms with Gasteiger partial charge >= 0.3 is 0 Å². The first-order chi connectivity index (χ1) is 10.0. The molecule has 2 aromatic rings. The monoisotopic (exact) mass is 345 g/mol. The smallest absolute Gasteiger partial charge is 0.167 e. The van der Waals surface area contributed by atoms with Crippen molar-refractivity contribution in [2.75, 3.05) is 12.3 Å². The number of hydrogen-bond acceptors (Lipinski definition) is 3. The maximum Gasteiger partial charge on any atom is 0.167 e. The van der Waals surface area contributed by atoms with Crippen molar-refractivity contribution < 1.29 is 9.13 Å². The number of rotatable bonds is 5. The van der Waals surface area contributed by atoms with Crippen molar-refractivity contribution >= 4 is 40.7 Å². The summed E-state index contributed by atoms with van der Waals surface area (Å²) in [5.41, 5.74) is 6.19. The molecule has 0 aromatic heterocycles. The number of nitrogen functional groups attached to an aromatic ring is 1. The van der Waals surface area contributed by atoms with Crippen LogP contribution in [0.4, 0.5) is 10.1 Å². The van der Waals surface area contributed by atoms with E-state index >= 15 is 0 Å². The van der Waals surface area contributed by atoms with Gasteiger partial charge in [0.1, 0.15) is 0 Å². The molecule has 0 saturated heterocycles. The van der Waals surface area contributed by atoms with E-state index in [1.54, 1.807) is 24.3 Å². The second kappa shape index (κ2) is 7.25. The van der Waals surface area contributed by atoms with Gasteiger partial charge in [-0.15, -0.1) is 0 Å². The van der Waals surface area contributed by atoms with Crippen LogP contribution in [0.15, 0.2) is 40.1 Å². The van der Waals surface area contributed by atoms with Gasteiger partial charge in [-0.3, -0.25) is 0 Å². The Morgan fingerprint density at radius 2 is 1.95 bits per heavy atom. The molecule has 0 radical (unpaired) electrons. The molecule has 2 N–H and O–H groups in total. The van der Waals surface area contributed by atoms with Crippen LogP contribution in [0.2, 0.25) is 10.0 Å². The third-order valence-corrected chi connectivity index (χ3v) is 4.45. The van der Waals surface area contributed by atoms with Gasteiger partial charge in [0.25, 0.3) is 0 Å². The fourth-order valence-corrected chi connectivity index (χ4v) is 3.04. The maximum atomic E-state index is 13.8. The Morgan fingerprint density at radius 3 is 2.67 bits per heavy atom. The molecular formula is C15H14Cl2FNOS. The summed E-state index contributed by atoms with van der Waals surface area (Å²) in [6.07, 6.45) is 0.798. The molecule has 2 rings (SSSR count). The van der Waals surface area contributed by atoms with E-state index in [4.69, 9.17) is 33.7 Å². The predicted molar refractivity (Wildman–Crippen MR) is 87.2 cm³/mol. The Hall–Kier alpha value is -1.10. The molecule has 2 aromatic carbocycles. The van der Waals surface area contributed by atoms with E-state index in [1.807, 2.05) is 6.92 Å². The number of nitrogens with two attached hydrogens (primary N) is 1. The van der Waals surface area contributed by atoms with E-state index in [0.717, 1.165) is 11.3 Å². The predicted octanol–water partition coefficient (Wildman–Crippen LogP) is 5.65. The number of ether oxygens (including phenoxy) is 1. The molecule has 0 amide bonds. The van der Waals surface area contributed by atoms with Gasteiger partial charge in [0.2, 0.25) is 0 Å². The zero-order valence-electron chi connectivity index (χ0n) is 11.3. The average molecular weight is 346 g/mol. The third kappa shape index (κ3) is 4.19. The molecule has 0 spiro atoms. The van der Waals surface area contributed by atoms with Crippen LogP contribution in [0.25, 0.3) is 0 Å². The van der Waals surface area contributed by atoms with Crippen LogP contribution < -0.4 is 10.5 Å². The summed E-state index contributed by atoms with van der Waals surface area (Å²) in [5, 5.41) is 1.13. The minimum Gasteiger partial charge on any atom is -0.490 e. The maximum absolute atomic E-state index is 13.8. The number of halogens is 3. The molecule has 0 fully saturated rings. The molecule has 0 aliphatic rings. The molecule has 0 unspecified atom stereocenters. The Bertz CT molecular complexity index is 652. The van der Waals surface area contributed by atoms with Crippen LogP contribution in [0.3, 0.4) is 0 Å². The van der Waals surface area contributed by atoms with Crippen molar-refractivity contribution in [3.63, 3.8) is 0 Å². The Kier molecular flexibility index (Phi) is 5.62. The normalized spacial score (nSPS) is 10.7. The zero-order chi connectivity index (χ0) is 15.4. The first-order valence-electron chi connectivity index (χ1n) is 6.36. The van der Waals surface area contributed by atoms with E-state index in [9.17, 15) is 4.39 Å². The van der Waals surface area contributed by atoms with Crippen molar-refractivity contribution in [1.29, 1.82) is 0 Å². The van der Waals surface area contributed by atoms with Gasteiger partial charge in [0.05, 0.1) is 11.6 Å². The van der Waals surface area contributed by atoms with Crippen molar-refractivity contribution in [1.82, 2.24) is 0 Å². The summed E-state index contributed by atoms with van der Waals surface area (Å²) in [4.78, 5) is 1.43. The fourth-order valence-electron chi connectivity index (χ4n) is 1.64. The second-order valence-corrected chi connectivity index (χ2v) is 6.27. The molecule has 21 heavy (non-hydrogen) atoms. The molecule has 0 atom stereocenters. The van der Waals surface area contributed by atoms with Crippen molar-refractivity contribution in [3.05, 3.63) is 46.2 Å². The minimum absolute atomic E-state index is 0.187. The standard InChI is InChI=1S/C15H14Cl2FNOS/c1-2-5-20-13-8-15(12(19)7-11(13)18)21-14-6-9(16)3-4-10(14)17/h3-4,6-8H,2,5,19H2,1H3. The zero-order valence-corrected chi connectivity index (χ0v) is 13.7. The summed E-state index contributed by atoms with van der Waals surface area (Å²) in [6, 6.07) is 8.00. The lowest BCUT2D eigenvalue weighted by molar-refractivity contribution is 0.300. The summed E-state index contributed by atoms with van der Waals surface area (Å²) < 4.78 is 19.1. The molecular weight excluding hydrogens is 332 g/mol. The first-order valence-corrected chi connectivity index (χ1v) is 7.93. The molecule has 0 bridgehead atoms. The lowest BCUT2D eigenvalue weighted by Crippen LogP contribution is -1.99. The lowest BCUT2D eigenvalue weighted by atomic mass is 10.3. The van der Waals surface area contributed by atoms with Gasteiger partial charge < -0.3 is 10.5 Å². The topological polar surface area (TPSA) is 35.2 Å². The van der Waals surface area contributed by atoms with E-state index in [0.29, 0.717) is 27.2 Å².